The molecule has 2 aromatic rings. The van der Waals surface area contributed by atoms with E-state index in [9.17, 15) is 23.2 Å². The maximum atomic E-state index is 14.1. The summed E-state index contributed by atoms with van der Waals surface area (Å²) in [5, 5.41) is 11.5. The Kier molecular flexibility index (Phi) is 6.92. The average Bonchev–Trinajstić information content (AvgIpc) is 2.80. The summed E-state index contributed by atoms with van der Waals surface area (Å²) in [4.78, 5) is 17.1. The van der Waals surface area contributed by atoms with Gasteiger partial charge in [-0.15, -0.1) is 0 Å². The number of rotatable bonds is 7. The number of nitrogens with zero attached hydrogens (tertiary/aromatic N) is 2. The van der Waals surface area contributed by atoms with Crippen LogP contribution in [-0.4, -0.2) is 37.5 Å². The number of allylic oxidation sites excluding steroid dienone is 1. The first-order valence-corrected chi connectivity index (χ1v) is 9.82. The van der Waals surface area contributed by atoms with E-state index in [1.165, 1.54) is 43.6 Å². The summed E-state index contributed by atoms with van der Waals surface area (Å²) in [6.45, 7) is 5.03. The third-order valence-corrected chi connectivity index (χ3v) is 4.85. The number of pyridine rings is 1. The molecular weight excluding hydrogens is 439 g/mol. The number of ether oxygens (including phenoxy) is 3. The number of carbonyl (C=O) groups excluding carboxylic acids is 1. The summed E-state index contributed by atoms with van der Waals surface area (Å²) in [5.74, 6) is -2.33. The number of anilines is 1. The SMILES string of the molecule is C=CCOC(=O)C1=C(C(F)(F)F)Nc2ccnc(OCC)c2C1c1ccc(C#N)cc1OC. The van der Waals surface area contributed by atoms with Crippen LogP contribution in [0.2, 0.25) is 0 Å². The van der Waals surface area contributed by atoms with Crippen LogP contribution in [0.5, 0.6) is 11.6 Å². The topological polar surface area (TPSA) is 93.5 Å². The van der Waals surface area contributed by atoms with Gasteiger partial charge in [-0.05, 0) is 25.1 Å². The van der Waals surface area contributed by atoms with Crippen LogP contribution in [0.15, 0.2) is 54.4 Å². The van der Waals surface area contributed by atoms with E-state index in [1.807, 2.05) is 6.07 Å². The Morgan fingerprint density at radius 3 is 2.73 bits per heavy atom. The third-order valence-electron chi connectivity index (χ3n) is 4.85. The van der Waals surface area contributed by atoms with Gasteiger partial charge in [-0.1, -0.05) is 18.7 Å². The van der Waals surface area contributed by atoms with Crippen LogP contribution in [0.25, 0.3) is 0 Å². The molecule has 1 aromatic carbocycles. The van der Waals surface area contributed by atoms with Crippen LogP contribution in [0.4, 0.5) is 18.9 Å². The van der Waals surface area contributed by atoms with Crippen molar-refractivity contribution in [1.29, 1.82) is 5.26 Å². The summed E-state index contributed by atoms with van der Waals surface area (Å²) in [6.07, 6.45) is -2.35. The Morgan fingerprint density at radius 2 is 2.12 bits per heavy atom. The Morgan fingerprint density at radius 1 is 1.36 bits per heavy atom. The van der Waals surface area contributed by atoms with Crippen LogP contribution in [-0.2, 0) is 9.53 Å². The maximum Gasteiger partial charge on any atom is 0.431 e. The Labute approximate surface area is 188 Å². The van der Waals surface area contributed by atoms with Gasteiger partial charge in [0.05, 0.1) is 42.4 Å². The number of nitriles is 1. The molecule has 3 rings (SSSR count). The highest BCUT2D eigenvalue weighted by Gasteiger charge is 2.47. The predicted octanol–water partition coefficient (Wildman–Crippen LogP) is 4.46. The molecule has 0 bridgehead atoms. The van der Waals surface area contributed by atoms with E-state index in [0.717, 1.165) is 0 Å². The van der Waals surface area contributed by atoms with Crippen molar-refractivity contribution in [2.24, 2.45) is 0 Å². The van der Waals surface area contributed by atoms with Gasteiger partial charge in [-0.25, -0.2) is 9.78 Å². The average molecular weight is 459 g/mol. The van der Waals surface area contributed by atoms with E-state index in [4.69, 9.17) is 14.2 Å². The number of hydrogen-bond acceptors (Lipinski definition) is 7. The fourth-order valence-electron chi connectivity index (χ4n) is 3.57. The van der Waals surface area contributed by atoms with Crippen molar-refractivity contribution in [1.82, 2.24) is 4.98 Å². The van der Waals surface area contributed by atoms with E-state index in [-0.39, 0.29) is 47.2 Å². The van der Waals surface area contributed by atoms with E-state index >= 15 is 0 Å². The molecule has 1 N–H and O–H groups in total. The summed E-state index contributed by atoms with van der Waals surface area (Å²) in [7, 11) is 1.32. The van der Waals surface area contributed by atoms with Gasteiger partial charge in [0.25, 0.3) is 0 Å². The number of benzene rings is 1. The Hall–Kier alpha value is -4.00. The van der Waals surface area contributed by atoms with Crippen LogP contribution >= 0.6 is 0 Å². The number of aromatic nitrogens is 1. The first-order chi connectivity index (χ1) is 15.8. The van der Waals surface area contributed by atoms with Gasteiger partial charge in [0, 0.05) is 17.4 Å². The van der Waals surface area contributed by atoms with Gasteiger partial charge in [0.15, 0.2) is 0 Å². The monoisotopic (exact) mass is 459 g/mol. The molecule has 1 aromatic heterocycles. The molecule has 1 aliphatic rings. The number of halogens is 3. The minimum absolute atomic E-state index is 0.0501. The van der Waals surface area contributed by atoms with Crippen molar-refractivity contribution >= 4 is 11.7 Å². The zero-order valence-corrected chi connectivity index (χ0v) is 17.8. The molecule has 1 unspecified atom stereocenters. The standard InChI is InChI=1S/C23H20F3N3O4/c1-4-10-33-22(30)19-17(14-7-6-13(12-27)11-16(14)31-3)18-15(29-20(19)23(24,25)26)8-9-28-21(18)32-5-2/h4,6-9,11,17,29H,1,5,10H2,2-3H3. The molecular formula is C23H20F3N3O4. The first kappa shape index (κ1) is 23.7. The number of hydrogen-bond donors (Lipinski definition) is 1. The Bertz CT molecular complexity index is 1150. The van der Waals surface area contributed by atoms with Crippen molar-refractivity contribution in [2.75, 3.05) is 25.6 Å². The lowest BCUT2D eigenvalue weighted by Gasteiger charge is -2.33. The second-order valence-corrected chi connectivity index (χ2v) is 6.81. The highest BCUT2D eigenvalue weighted by atomic mass is 19.4. The molecule has 0 amide bonds. The fraction of sp³-hybridized carbons (Fsp3) is 0.261. The van der Waals surface area contributed by atoms with E-state index in [0.29, 0.717) is 0 Å². The summed E-state index contributed by atoms with van der Waals surface area (Å²) in [6, 6.07) is 7.56. The van der Waals surface area contributed by atoms with Crippen molar-refractivity contribution in [3.8, 4) is 17.7 Å². The van der Waals surface area contributed by atoms with Crippen molar-refractivity contribution in [3.63, 3.8) is 0 Å². The lowest BCUT2D eigenvalue weighted by atomic mass is 9.80. The first-order valence-electron chi connectivity index (χ1n) is 9.82. The molecule has 10 heteroatoms. The zero-order chi connectivity index (χ0) is 24.2. The number of fused-ring (bicyclic) bond motifs is 1. The van der Waals surface area contributed by atoms with Crippen molar-refractivity contribution in [3.05, 3.63) is 71.1 Å². The third kappa shape index (κ3) is 4.62. The number of carbonyl (C=O) groups is 1. The van der Waals surface area contributed by atoms with Gasteiger partial charge in [0.1, 0.15) is 18.1 Å². The summed E-state index contributed by atoms with van der Waals surface area (Å²) >= 11 is 0. The molecule has 1 atom stereocenters. The second kappa shape index (κ2) is 9.65. The van der Waals surface area contributed by atoms with Gasteiger partial charge in [0.2, 0.25) is 5.88 Å². The second-order valence-electron chi connectivity index (χ2n) is 6.81. The number of alkyl halides is 3. The maximum absolute atomic E-state index is 14.1. The quantitative estimate of drug-likeness (QED) is 0.483. The highest BCUT2D eigenvalue weighted by molar-refractivity contribution is 5.96. The lowest BCUT2D eigenvalue weighted by Crippen LogP contribution is -2.32. The molecule has 0 aliphatic carbocycles. The minimum atomic E-state index is -4.91. The summed E-state index contributed by atoms with van der Waals surface area (Å²) in [5.41, 5.74) is -1.24. The smallest absolute Gasteiger partial charge is 0.431 e. The largest absolute Gasteiger partial charge is 0.496 e. The van der Waals surface area contributed by atoms with Gasteiger partial charge < -0.3 is 19.5 Å². The molecule has 0 fully saturated rings. The normalized spacial score (nSPS) is 15.1. The molecule has 7 nitrogen and oxygen atoms in total. The van der Waals surface area contributed by atoms with Gasteiger partial charge >= 0.3 is 12.1 Å². The molecule has 172 valence electrons. The van der Waals surface area contributed by atoms with E-state index < -0.39 is 29.3 Å². The van der Waals surface area contributed by atoms with E-state index in [1.54, 1.807) is 6.92 Å². The van der Waals surface area contributed by atoms with E-state index in [2.05, 4.69) is 16.9 Å². The highest BCUT2D eigenvalue weighted by Crippen LogP contribution is 2.50. The van der Waals surface area contributed by atoms with Crippen LogP contribution in [0.3, 0.4) is 0 Å². The molecule has 1 aliphatic heterocycles. The lowest BCUT2D eigenvalue weighted by molar-refractivity contribution is -0.139. The molecule has 0 saturated carbocycles. The van der Waals surface area contributed by atoms with Crippen LogP contribution in [0.1, 0.15) is 29.5 Å². The molecule has 0 spiro atoms. The van der Waals surface area contributed by atoms with Crippen LogP contribution in [0, 0.1) is 11.3 Å². The number of methoxy groups -OCH3 is 1. The van der Waals surface area contributed by atoms with Crippen molar-refractivity contribution < 1.29 is 32.2 Å². The zero-order valence-electron chi connectivity index (χ0n) is 17.8. The predicted molar refractivity (Wildman–Crippen MR) is 113 cm³/mol. The molecule has 0 saturated heterocycles. The van der Waals surface area contributed by atoms with Crippen LogP contribution < -0.4 is 14.8 Å². The summed E-state index contributed by atoms with van der Waals surface area (Å²) < 4.78 is 58.4. The number of nitrogens with one attached hydrogen (secondary N) is 1. The Balaban J connectivity index is 2.40. The molecule has 2 heterocycles. The van der Waals surface area contributed by atoms with Gasteiger partial charge in [-0.3, -0.25) is 0 Å². The number of esters is 1. The van der Waals surface area contributed by atoms with Crippen molar-refractivity contribution in [2.45, 2.75) is 19.0 Å². The minimum Gasteiger partial charge on any atom is -0.496 e. The molecule has 0 radical (unpaired) electrons. The fourth-order valence-corrected chi connectivity index (χ4v) is 3.57. The van der Waals surface area contributed by atoms with Gasteiger partial charge in [-0.2, -0.15) is 18.4 Å². The molecule has 33 heavy (non-hydrogen) atoms.